The largest absolute Gasteiger partial charge is 0.397 e. The summed E-state index contributed by atoms with van der Waals surface area (Å²) in [6.07, 6.45) is 1.80. The number of pyridine rings is 2. The van der Waals surface area contributed by atoms with E-state index in [0.29, 0.717) is 0 Å². The molecule has 2 N–H and O–H groups in total. The summed E-state index contributed by atoms with van der Waals surface area (Å²) >= 11 is 0. The molecule has 3 rings (SSSR count). The number of benzene rings is 1. The Morgan fingerprint density at radius 1 is 1.06 bits per heavy atom. The summed E-state index contributed by atoms with van der Waals surface area (Å²) in [5.74, 6) is 0. The minimum atomic E-state index is 0.723. The first-order valence-corrected chi connectivity index (χ1v) is 5.82. The zero-order valence-corrected chi connectivity index (χ0v) is 10.1. The van der Waals surface area contributed by atoms with Crippen LogP contribution in [-0.4, -0.2) is 9.97 Å². The van der Waals surface area contributed by atoms with Crippen molar-refractivity contribution in [1.29, 1.82) is 0 Å². The lowest BCUT2D eigenvalue weighted by Crippen LogP contribution is -1.94. The highest BCUT2D eigenvalue weighted by Crippen LogP contribution is 2.23. The summed E-state index contributed by atoms with van der Waals surface area (Å²) in [7, 11) is 0. The molecule has 3 heteroatoms. The van der Waals surface area contributed by atoms with E-state index in [4.69, 9.17) is 5.73 Å². The molecular weight excluding hydrogens is 222 g/mol. The molecular formula is C15H13N3. The second kappa shape index (κ2) is 4.11. The van der Waals surface area contributed by atoms with E-state index < -0.39 is 0 Å². The molecule has 18 heavy (non-hydrogen) atoms. The van der Waals surface area contributed by atoms with E-state index in [2.05, 4.69) is 22.1 Å². The van der Waals surface area contributed by atoms with Crippen LogP contribution in [0.5, 0.6) is 0 Å². The van der Waals surface area contributed by atoms with Crippen LogP contribution < -0.4 is 5.73 Å². The fourth-order valence-electron chi connectivity index (χ4n) is 1.97. The van der Waals surface area contributed by atoms with E-state index in [-0.39, 0.29) is 0 Å². The molecule has 0 fully saturated rings. The lowest BCUT2D eigenvalue weighted by molar-refractivity contribution is 1.21. The quantitative estimate of drug-likeness (QED) is 0.704. The molecule has 0 bridgehead atoms. The van der Waals surface area contributed by atoms with Gasteiger partial charge in [0.25, 0.3) is 0 Å². The number of aryl methyl sites for hydroxylation is 1. The van der Waals surface area contributed by atoms with E-state index in [1.54, 1.807) is 6.20 Å². The van der Waals surface area contributed by atoms with Crippen LogP contribution in [0.1, 0.15) is 5.69 Å². The maximum atomic E-state index is 5.78. The Kier molecular flexibility index (Phi) is 2.45. The predicted octanol–water partition coefficient (Wildman–Crippen LogP) is 3.19. The van der Waals surface area contributed by atoms with Crippen molar-refractivity contribution in [1.82, 2.24) is 9.97 Å². The molecule has 3 aromatic rings. The van der Waals surface area contributed by atoms with Crippen molar-refractivity contribution in [3.8, 4) is 11.3 Å². The molecule has 88 valence electrons. The van der Waals surface area contributed by atoms with Gasteiger partial charge in [0.05, 0.1) is 22.6 Å². The van der Waals surface area contributed by atoms with Crippen molar-refractivity contribution in [3.63, 3.8) is 0 Å². The Bertz CT molecular complexity index is 720. The van der Waals surface area contributed by atoms with Crippen LogP contribution in [-0.2, 0) is 0 Å². The summed E-state index contributed by atoms with van der Waals surface area (Å²) in [5, 5.41) is 1.12. The van der Waals surface area contributed by atoms with Gasteiger partial charge in [0.1, 0.15) is 0 Å². The molecule has 0 unspecified atom stereocenters. The number of anilines is 1. The molecule has 0 saturated carbocycles. The van der Waals surface area contributed by atoms with Gasteiger partial charge in [-0.25, -0.2) is 0 Å². The first-order chi connectivity index (χ1) is 8.74. The summed E-state index contributed by atoms with van der Waals surface area (Å²) in [6.45, 7) is 1.92. The Labute approximate surface area is 105 Å². The SMILES string of the molecule is Cc1nc(-c2ccc3ncccc3c2)ccc1N. The van der Waals surface area contributed by atoms with Crippen molar-refractivity contribution >= 4 is 16.6 Å². The van der Waals surface area contributed by atoms with Gasteiger partial charge < -0.3 is 5.73 Å². The summed E-state index contributed by atoms with van der Waals surface area (Å²) < 4.78 is 0. The molecule has 0 saturated heterocycles. The van der Waals surface area contributed by atoms with E-state index in [9.17, 15) is 0 Å². The maximum absolute atomic E-state index is 5.78. The Morgan fingerprint density at radius 2 is 1.94 bits per heavy atom. The highest BCUT2D eigenvalue weighted by atomic mass is 14.7. The number of rotatable bonds is 1. The van der Waals surface area contributed by atoms with E-state index in [1.807, 2.05) is 37.3 Å². The van der Waals surface area contributed by atoms with Gasteiger partial charge in [0.2, 0.25) is 0 Å². The molecule has 2 heterocycles. The van der Waals surface area contributed by atoms with Gasteiger partial charge in [0, 0.05) is 17.1 Å². The summed E-state index contributed by atoms with van der Waals surface area (Å²) in [5.41, 5.74) is 10.4. The van der Waals surface area contributed by atoms with Crippen molar-refractivity contribution < 1.29 is 0 Å². The first kappa shape index (κ1) is 10.7. The van der Waals surface area contributed by atoms with Crippen LogP contribution in [0, 0.1) is 6.92 Å². The molecule has 0 spiro atoms. The van der Waals surface area contributed by atoms with Crippen LogP contribution >= 0.6 is 0 Å². The number of nitrogens with two attached hydrogens (primary N) is 1. The third kappa shape index (κ3) is 1.80. The monoisotopic (exact) mass is 235 g/mol. The number of hydrogen-bond acceptors (Lipinski definition) is 3. The maximum Gasteiger partial charge on any atom is 0.0707 e. The third-order valence-corrected chi connectivity index (χ3v) is 3.03. The van der Waals surface area contributed by atoms with Crippen LogP contribution in [0.2, 0.25) is 0 Å². The summed E-state index contributed by atoms with van der Waals surface area (Å²) in [4.78, 5) is 8.81. The van der Waals surface area contributed by atoms with Gasteiger partial charge in [-0.1, -0.05) is 12.1 Å². The fourth-order valence-corrected chi connectivity index (χ4v) is 1.97. The van der Waals surface area contributed by atoms with Crippen molar-refractivity contribution in [2.24, 2.45) is 0 Å². The van der Waals surface area contributed by atoms with Crippen LogP contribution in [0.4, 0.5) is 5.69 Å². The zero-order valence-electron chi connectivity index (χ0n) is 10.1. The molecule has 0 atom stereocenters. The average Bonchev–Trinajstić information content (AvgIpc) is 2.41. The van der Waals surface area contributed by atoms with Gasteiger partial charge in [-0.2, -0.15) is 0 Å². The van der Waals surface area contributed by atoms with Crippen molar-refractivity contribution in [3.05, 3.63) is 54.4 Å². The Morgan fingerprint density at radius 3 is 2.78 bits per heavy atom. The highest BCUT2D eigenvalue weighted by molar-refractivity contribution is 5.83. The minimum absolute atomic E-state index is 0.723. The molecule has 0 radical (unpaired) electrons. The second-order valence-corrected chi connectivity index (χ2v) is 4.28. The smallest absolute Gasteiger partial charge is 0.0707 e. The van der Waals surface area contributed by atoms with Crippen LogP contribution in [0.25, 0.3) is 22.2 Å². The molecule has 1 aromatic carbocycles. The Balaban J connectivity index is 2.16. The number of fused-ring (bicyclic) bond motifs is 1. The molecule has 0 aliphatic carbocycles. The second-order valence-electron chi connectivity index (χ2n) is 4.28. The molecule has 0 amide bonds. The van der Waals surface area contributed by atoms with Gasteiger partial charge in [-0.15, -0.1) is 0 Å². The number of aromatic nitrogens is 2. The van der Waals surface area contributed by atoms with Gasteiger partial charge in [-0.3, -0.25) is 9.97 Å². The van der Waals surface area contributed by atoms with Crippen molar-refractivity contribution in [2.75, 3.05) is 5.73 Å². The molecule has 3 nitrogen and oxygen atoms in total. The van der Waals surface area contributed by atoms with Crippen molar-refractivity contribution in [2.45, 2.75) is 6.92 Å². The zero-order chi connectivity index (χ0) is 12.5. The minimum Gasteiger partial charge on any atom is -0.397 e. The predicted molar refractivity (Wildman–Crippen MR) is 74.1 cm³/mol. The average molecular weight is 235 g/mol. The lowest BCUT2D eigenvalue weighted by atomic mass is 10.1. The fraction of sp³-hybridized carbons (Fsp3) is 0.0667. The van der Waals surface area contributed by atoms with E-state index in [0.717, 1.165) is 33.5 Å². The van der Waals surface area contributed by atoms with Gasteiger partial charge >= 0.3 is 0 Å². The Hall–Kier alpha value is -2.42. The highest BCUT2D eigenvalue weighted by Gasteiger charge is 2.03. The lowest BCUT2D eigenvalue weighted by Gasteiger charge is -2.05. The van der Waals surface area contributed by atoms with E-state index in [1.165, 1.54) is 0 Å². The number of nitrogens with zero attached hydrogens (tertiary/aromatic N) is 2. The van der Waals surface area contributed by atoms with Crippen LogP contribution in [0.15, 0.2) is 48.7 Å². The van der Waals surface area contributed by atoms with Gasteiger partial charge in [-0.05, 0) is 37.3 Å². The number of hydrogen-bond donors (Lipinski definition) is 1. The van der Waals surface area contributed by atoms with E-state index >= 15 is 0 Å². The number of nitrogen functional groups attached to an aromatic ring is 1. The van der Waals surface area contributed by atoms with Gasteiger partial charge in [0.15, 0.2) is 0 Å². The first-order valence-electron chi connectivity index (χ1n) is 5.82. The molecule has 0 aliphatic rings. The standard InChI is InChI=1S/C15H13N3/c1-10-13(16)5-7-15(18-10)12-4-6-14-11(9-12)3-2-8-17-14/h2-9H,16H2,1H3. The third-order valence-electron chi connectivity index (χ3n) is 3.03. The molecule has 0 aliphatic heterocycles. The normalized spacial score (nSPS) is 10.7. The summed E-state index contributed by atoms with van der Waals surface area (Å²) in [6, 6.07) is 14.0. The topological polar surface area (TPSA) is 51.8 Å². The van der Waals surface area contributed by atoms with Crippen LogP contribution in [0.3, 0.4) is 0 Å². The molecule has 2 aromatic heterocycles.